The number of nitrogens with one attached hydrogen (secondary N) is 3. The van der Waals surface area contributed by atoms with E-state index in [1.165, 1.54) is 7.11 Å². The molecule has 0 aliphatic carbocycles. The number of benzene rings is 2. The van der Waals surface area contributed by atoms with E-state index in [1.807, 2.05) is 84.0 Å². The summed E-state index contributed by atoms with van der Waals surface area (Å²) in [7, 11) is 3.40. The summed E-state index contributed by atoms with van der Waals surface area (Å²) in [5.41, 5.74) is 6.14. The maximum Gasteiger partial charge on any atom is 0.407 e. The zero-order chi connectivity index (χ0) is 37.9. The van der Waals surface area contributed by atoms with Crippen LogP contribution in [-0.4, -0.2) is 97.9 Å². The number of hydrogen-bond donors (Lipinski definition) is 3. The number of aromatic amines is 2. The van der Waals surface area contributed by atoms with Crippen LogP contribution in [-0.2, 0) is 14.3 Å². The van der Waals surface area contributed by atoms with Gasteiger partial charge in [0.05, 0.1) is 48.7 Å². The minimum Gasteiger partial charge on any atom is -0.453 e. The third-order valence-corrected chi connectivity index (χ3v) is 11.4. The van der Waals surface area contributed by atoms with Gasteiger partial charge in [0, 0.05) is 36.3 Å². The number of methoxy groups -OCH3 is 1. The van der Waals surface area contributed by atoms with E-state index < -0.39 is 12.1 Å². The van der Waals surface area contributed by atoms with Crippen molar-refractivity contribution >= 4 is 17.9 Å². The molecule has 3 aromatic heterocycles. The van der Waals surface area contributed by atoms with E-state index in [-0.39, 0.29) is 29.8 Å². The fourth-order valence-electron chi connectivity index (χ4n) is 8.25. The molecular weight excluding hydrogens is 695 g/mol. The molecule has 3 saturated heterocycles. The predicted molar refractivity (Wildman–Crippen MR) is 207 cm³/mol. The van der Waals surface area contributed by atoms with Crippen molar-refractivity contribution in [2.45, 2.75) is 56.7 Å². The van der Waals surface area contributed by atoms with Gasteiger partial charge in [-0.3, -0.25) is 14.6 Å². The van der Waals surface area contributed by atoms with Crippen LogP contribution in [0.5, 0.6) is 0 Å². The first-order valence-corrected chi connectivity index (χ1v) is 19.2. The van der Waals surface area contributed by atoms with E-state index in [1.54, 1.807) is 11.1 Å². The SMILES string of the molecule is COC(=O)N[C@@H](C(=O)N1CCC[C@H]1c1ncc(-c2ccc(-c3ccc(-c4cnc([C@@H]5CCCN5C(=O)C5CCN(C)CC5)[nH]4)cn3)cc2)[nH]1)c1ccccc1. The summed E-state index contributed by atoms with van der Waals surface area (Å²) in [6.07, 6.45) is 10.2. The molecule has 0 unspecified atom stereocenters. The molecule has 0 spiro atoms. The van der Waals surface area contributed by atoms with Gasteiger partial charge in [0.2, 0.25) is 5.91 Å². The van der Waals surface area contributed by atoms with Crippen LogP contribution in [0.4, 0.5) is 4.79 Å². The number of aromatic nitrogens is 5. The standard InChI is InChI=1S/C42H47N9O4/c1-49-22-18-30(19-23-49)40(52)50-20-6-10-35(50)38-45-26-34(47-38)31-16-17-32(43-24-31)27-12-14-28(15-13-27)33-25-44-39(46-33)36-11-7-21-51(36)41(53)37(48-42(54)55-2)29-8-4-3-5-9-29/h3-5,8-9,12-17,24-26,30,35-37H,6-7,10-11,18-23H2,1-2H3,(H,44,46)(H,45,47)(H,48,54)/t35-,36-,37+/m0/s1. The topological polar surface area (TPSA) is 152 Å². The summed E-state index contributed by atoms with van der Waals surface area (Å²) in [6.45, 7) is 3.29. The van der Waals surface area contributed by atoms with Crippen molar-refractivity contribution in [3.05, 3.63) is 103 Å². The largest absolute Gasteiger partial charge is 0.453 e. The van der Waals surface area contributed by atoms with Crippen LogP contribution in [0.15, 0.2) is 85.3 Å². The average Bonchev–Trinajstić information content (AvgIpc) is 4.07. The van der Waals surface area contributed by atoms with E-state index in [2.05, 4.69) is 27.2 Å². The lowest BCUT2D eigenvalue weighted by Crippen LogP contribution is -2.42. The fourth-order valence-corrected chi connectivity index (χ4v) is 8.25. The summed E-state index contributed by atoms with van der Waals surface area (Å²) in [5.74, 6) is 1.72. The van der Waals surface area contributed by atoms with Crippen molar-refractivity contribution in [3.8, 4) is 33.8 Å². The number of amides is 3. The minimum atomic E-state index is -0.871. The van der Waals surface area contributed by atoms with E-state index in [0.29, 0.717) is 17.9 Å². The average molecular weight is 742 g/mol. The summed E-state index contributed by atoms with van der Waals surface area (Å²) in [5, 5.41) is 2.71. The van der Waals surface area contributed by atoms with Gasteiger partial charge in [-0.2, -0.15) is 0 Å². The number of carbonyl (C=O) groups is 3. The fraction of sp³-hybridized carbons (Fsp3) is 0.381. The molecule has 0 bridgehead atoms. The van der Waals surface area contributed by atoms with Gasteiger partial charge in [-0.05, 0) is 81.9 Å². The molecule has 3 amide bonds. The molecule has 6 heterocycles. The van der Waals surface area contributed by atoms with Gasteiger partial charge in [-0.25, -0.2) is 14.8 Å². The molecule has 2 aromatic carbocycles. The maximum atomic E-state index is 13.9. The highest BCUT2D eigenvalue weighted by Gasteiger charge is 2.38. The van der Waals surface area contributed by atoms with Crippen LogP contribution >= 0.6 is 0 Å². The third-order valence-electron chi connectivity index (χ3n) is 11.4. The molecule has 3 aliphatic heterocycles. The molecule has 8 rings (SSSR count). The maximum absolute atomic E-state index is 13.9. The molecule has 13 nitrogen and oxygen atoms in total. The van der Waals surface area contributed by atoms with Gasteiger partial charge in [0.25, 0.3) is 5.91 Å². The zero-order valence-corrected chi connectivity index (χ0v) is 31.3. The van der Waals surface area contributed by atoms with Crippen molar-refractivity contribution in [1.82, 2.24) is 44.9 Å². The number of carbonyl (C=O) groups excluding carboxylic acids is 3. The van der Waals surface area contributed by atoms with Crippen LogP contribution in [0.3, 0.4) is 0 Å². The second-order valence-corrected chi connectivity index (χ2v) is 14.8. The molecular formula is C42H47N9O4. The Bertz CT molecular complexity index is 2110. The Morgan fingerprint density at radius 2 is 1.31 bits per heavy atom. The van der Waals surface area contributed by atoms with Crippen molar-refractivity contribution in [3.63, 3.8) is 0 Å². The molecule has 3 fully saturated rings. The van der Waals surface area contributed by atoms with Gasteiger partial charge >= 0.3 is 6.09 Å². The van der Waals surface area contributed by atoms with E-state index in [0.717, 1.165) is 97.8 Å². The Labute approximate surface area is 320 Å². The monoisotopic (exact) mass is 741 g/mol. The number of likely N-dealkylation sites (tertiary alicyclic amines) is 3. The highest BCUT2D eigenvalue weighted by molar-refractivity contribution is 5.87. The number of H-pyrrole nitrogens is 2. The Hall–Kier alpha value is -5.82. The lowest BCUT2D eigenvalue weighted by atomic mass is 9.95. The van der Waals surface area contributed by atoms with Gasteiger partial charge in [0.1, 0.15) is 17.7 Å². The summed E-state index contributed by atoms with van der Waals surface area (Å²) in [4.78, 5) is 66.8. The number of imidazole rings is 2. The van der Waals surface area contributed by atoms with Gasteiger partial charge in [0.15, 0.2) is 0 Å². The smallest absolute Gasteiger partial charge is 0.407 e. The Balaban J connectivity index is 0.919. The summed E-state index contributed by atoms with van der Waals surface area (Å²) in [6, 6.07) is 20.3. The number of rotatable bonds is 9. The van der Waals surface area contributed by atoms with E-state index >= 15 is 0 Å². The van der Waals surface area contributed by atoms with Gasteiger partial charge in [-0.1, -0.05) is 54.6 Å². The number of piperidine rings is 1. The van der Waals surface area contributed by atoms with Crippen LogP contribution < -0.4 is 5.32 Å². The minimum absolute atomic E-state index is 0.0143. The van der Waals surface area contributed by atoms with Gasteiger partial charge < -0.3 is 34.7 Å². The van der Waals surface area contributed by atoms with Crippen molar-refractivity contribution in [2.24, 2.45) is 5.92 Å². The number of pyridine rings is 1. The molecule has 3 N–H and O–H groups in total. The van der Waals surface area contributed by atoms with Crippen LogP contribution in [0, 0.1) is 5.92 Å². The second kappa shape index (κ2) is 15.9. The van der Waals surface area contributed by atoms with Crippen molar-refractivity contribution in [1.29, 1.82) is 0 Å². The lowest BCUT2D eigenvalue weighted by molar-refractivity contribution is -0.138. The second-order valence-electron chi connectivity index (χ2n) is 14.8. The van der Waals surface area contributed by atoms with Crippen molar-refractivity contribution in [2.75, 3.05) is 40.3 Å². The number of nitrogens with zero attached hydrogens (tertiary/aromatic N) is 6. The third kappa shape index (κ3) is 7.61. The quantitative estimate of drug-likeness (QED) is 0.159. The molecule has 3 aliphatic rings. The summed E-state index contributed by atoms with van der Waals surface area (Å²) < 4.78 is 4.82. The van der Waals surface area contributed by atoms with Crippen LogP contribution in [0.1, 0.15) is 73.9 Å². The Morgan fingerprint density at radius 3 is 1.95 bits per heavy atom. The molecule has 284 valence electrons. The first kappa shape index (κ1) is 36.2. The number of ether oxygens (including phenoxy) is 1. The first-order valence-electron chi connectivity index (χ1n) is 19.2. The Morgan fingerprint density at radius 1 is 0.709 bits per heavy atom. The normalized spacial score (nSPS) is 19.7. The van der Waals surface area contributed by atoms with Crippen molar-refractivity contribution < 1.29 is 19.1 Å². The van der Waals surface area contributed by atoms with Gasteiger partial charge in [-0.15, -0.1) is 0 Å². The molecule has 0 saturated carbocycles. The zero-order valence-electron chi connectivity index (χ0n) is 31.3. The lowest BCUT2D eigenvalue weighted by Gasteiger charge is -2.32. The molecule has 13 heteroatoms. The molecule has 55 heavy (non-hydrogen) atoms. The van der Waals surface area contributed by atoms with E-state index in [4.69, 9.17) is 19.7 Å². The Kier molecular flexibility index (Phi) is 10.4. The highest BCUT2D eigenvalue weighted by Crippen LogP contribution is 2.36. The van der Waals surface area contributed by atoms with E-state index in [9.17, 15) is 14.4 Å². The molecule has 3 atom stereocenters. The molecule has 0 radical (unpaired) electrons. The first-order chi connectivity index (χ1) is 26.9. The molecule has 5 aromatic rings. The van der Waals surface area contributed by atoms with Crippen LogP contribution in [0.25, 0.3) is 33.8 Å². The highest BCUT2D eigenvalue weighted by atomic mass is 16.5. The number of hydrogen-bond acceptors (Lipinski definition) is 8. The predicted octanol–water partition coefficient (Wildman–Crippen LogP) is 6.29. The van der Waals surface area contributed by atoms with Crippen LogP contribution in [0.2, 0.25) is 0 Å². The number of alkyl carbamates (subject to hydrolysis) is 1. The summed E-state index contributed by atoms with van der Waals surface area (Å²) >= 11 is 0.